The number of halogens is 1. The first-order valence-corrected chi connectivity index (χ1v) is 5.28. The highest BCUT2D eigenvalue weighted by molar-refractivity contribution is 6.32. The van der Waals surface area contributed by atoms with Crippen LogP contribution in [0.15, 0.2) is 12.1 Å². The molecule has 0 saturated carbocycles. The zero-order valence-electron chi connectivity index (χ0n) is 9.78. The molecule has 0 saturated heterocycles. The van der Waals surface area contributed by atoms with Gasteiger partial charge in [0.05, 0.1) is 24.9 Å². The number of methoxy groups -OCH3 is 2. The summed E-state index contributed by atoms with van der Waals surface area (Å²) < 4.78 is 10.2. The average Bonchev–Trinajstić information content (AvgIpc) is 2.29. The summed E-state index contributed by atoms with van der Waals surface area (Å²) in [5.41, 5.74) is 0.508. The van der Waals surface area contributed by atoms with E-state index in [0.29, 0.717) is 22.2 Å². The Hall–Kier alpha value is -1.62. The lowest BCUT2D eigenvalue weighted by atomic mass is 10.2. The summed E-state index contributed by atoms with van der Waals surface area (Å²) in [6, 6.07) is 2.42. The van der Waals surface area contributed by atoms with Gasteiger partial charge in [-0.25, -0.2) is 0 Å². The summed E-state index contributed by atoms with van der Waals surface area (Å²) >= 11 is 5.95. The lowest BCUT2D eigenvalue weighted by Crippen LogP contribution is -2.25. The first-order chi connectivity index (χ1) is 7.99. The molecule has 1 atom stereocenters. The van der Waals surface area contributed by atoms with E-state index in [4.69, 9.17) is 26.2 Å². The second-order valence-electron chi connectivity index (χ2n) is 3.39. The summed E-state index contributed by atoms with van der Waals surface area (Å²) in [6.07, 6.45) is 0. The Morgan fingerprint density at radius 2 is 1.94 bits per heavy atom. The van der Waals surface area contributed by atoms with E-state index < -0.39 is 12.0 Å². The van der Waals surface area contributed by atoms with Gasteiger partial charge >= 0.3 is 5.97 Å². The second-order valence-corrected chi connectivity index (χ2v) is 3.80. The van der Waals surface area contributed by atoms with Crippen molar-refractivity contribution in [2.24, 2.45) is 0 Å². The van der Waals surface area contributed by atoms with Crippen molar-refractivity contribution >= 4 is 23.3 Å². The van der Waals surface area contributed by atoms with Crippen LogP contribution < -0.4 is 14.8 Å². The topological polar surface area (TPSA) is 67.8 Å². The van der Waals surface area contributed by atoms with Gasteiger partial charge in [-0.05, 0) is 13.0 Å². The van der Waals surface area contributed by atoms with Crippen LogP contribution in [0.5, 0.6) is 11.5 Å². The fraction of sp³-hybridized carbons (Fsp3) is 0.364. The number of carboxylic acid groups (broad SMARTS) is 1. The molecule has 1 unspecified atom stereocenters. The van der Waals surface area contributed by atoms with Crippen LogP contribution in [-0.4, -0.2) is 31.3 Å². The predicted octanol–water partition coefficient (Wildman–Crippen LogP) is 2.24. The second kappa shape index (κ2) is 5.63. The zero-order chi connectivity index (χ0) is 13.0. The third-order valence-electron chi connectivity index (χ3n) is 2.22. The lowest BCUT2D eigenvalue weighted by molar-refractivity contribution is -0.137. The molecule has 0 radical (unpaired) electrons. The summed E-state index contributed by atoms with van der Waals surface area (Å²) in [5.74, 6) is -0.0182. The van der Waals surface area contributed by atoms with Gasteiger partial charge in [-0.15, -0.1) is 0 Å². The molecule has 6 heteroatoms. The van der Waals surface area contributed by atoms with Crippen molar-refractivity contribution in [1.82, 2.24) is 0 Å². The Morgan fingerprint density at radius 3 is 2.41 bits per heavy atom. The minimum Gasteiger partial charge on any atom is -0.495 e. The Labute approximate surface area is 104 Å². The van der Waals surface area contributed by atoms with Gasteiger partial charge in [0.2, 0.25) is 0 Å². The fourth-order valence-electron chi connectivity index (χ4n) is 1.27. The van der Waals surface area contributed by atoms with Crippen molar-refractivity contribution < 1.29 is 19.4 Å². The smallest absolute Gasteiger partial charge is 0.325 e. The molecular weight excluding hydrogens is 246 g/mol. The fourth-order valence-corrected chi connectivity index (χ4v) is 1.51. The number of nitrogens with one attached hydrogen (secondary N) is 1. The molecule has 17 heavy (non-hydrogen) atoms. The van der Waals surface area contributed by atoms with Gasteiger partial charge in [0.15, 0.2) is 0 Å². The summed E-state index contributed by atoms with van der Waals surface area (Å²) in [6.45, 7) is 1.53. The van der Waals surface area contributed by atoms with Gasteiger partial charge in [0.1, 0.15) is 17.5 Å². The number of hydrogen-bond acceptors (Lipinski definition) is 4. The monoisotopic (exact) mass is 259 g/mol. The maximum Gasteiger partial charge on any atom is 0.325 e. The van der Waals surface area contributed by atoms with E-state index in [1.165, 1.54) is 21.1 Å². The van der Waals surface area contributed by atoms with Crippen molar-refractivity contribution in [3.05, 3.63) is 17.2 Å². The summed E-state index contributed by atoms with van der Waals surface area (Å²) in [7, 11) is 2.98. The molecule has 0 fully saturated rings. The zero-order valence-corrected chi connectivity index (χ0v) is 10.5. The number of benzene rings is 1. The molecule has 0 aliphatic rings. The van der Waals surface area contributed by atoms with Crippen molar-refractivity contribution in [2.75, 3.05) is 19.5 Å². The van der Waals surface area contributed by atoms with Gasteiger partial charge in [-0.1, -0.05) is 11.6 Å². The molecule has 0 spiro atoms. The first kappa shape index (κ1) is 13.4. The number of hydrogen-bond donors (Lipinski definition) is 2. The highest BCUT2D eigenvalue weighted by Gasteiger charge is 2.15. The maximum absolute atomic E-state index is 10.8. The lowest BCUT2D eigenvalue weighted by Gasteiger charge is -2.16. The van der Waals surface area contributed by atoms with Crippen molar-refractivity contribution in [1.29, 1.82) is 0 Å². The minimum atomic E-state index is -0.959. The first-order valence-electron chi connectivity index (χ1n) is 4.90. The molecule has 0 aliphatic heterocycles. The van der Waals surface area contributed by atoms with Crippen LogP contribution in [0.3, 0.4) is 0 Å². The van der Waals surface area contributed by atoms with Crippen LogP contribution in [-0.2, 0) is 4.79 Å². The van der Waals surface area contributed by atoms with Gasteiger partial charge < -0.3 is 19.9 Å². The predicted molar refractivity (Wildman–Crippen MR) is 65.3 cm³/mol. The number of carboxylic acids is 1. The molecule has 2 N–H and O–H groups in total. The number of anilines is 1. The van der Waals surface area contributed by atoms with Crippen LogP contribution in [0.1, 0.15) is 6.92 Å². The third-order valence-corrected chi connectivity index (χ3v) is 2.51. The molecule has 0 aromatic heterocycles. The quantitative estimate of drug-likeness (QED) is 0.849. The summed E-state index contributed by atoms with van der Waals surface area (Å²) in [5, 5.41) is 12.0. The molecule has 1 aromatic rings. The largest absolute Gasteiger partial charge is 0.495 e. The van der Waals surface area contributed by atoms with E-state index in [1.54, 1.807) is 12.1 Å². The molecule has 0 amide bonds. The van der Waals surface area contributed by atoms with Gasteiger partial charge in [0.25, 0.3) is 0 Å². The normalized spacial score (nSPS) is 11.8. The SMILES string of the molecule is COc1cc(OC)c(NC(C)C(=O)O)cc1Cl. The van der Waals surface area contributed by atoms with Gasteiger partial charge in [-0.2, -0.15) is 0 Å². The third kappa shape index (κ3) is 3.17. The summed E-state index contributed by atoms with van der Waals surface area (Å²) in [4.78, 5) is 10.8. The Balaban J connectivity index is 3.06. The number of aliphatic carboxylic acids is 1. The van der Waals surface area contributed by atoms with Gasteiger partial charge in [-0.3, -0.25) is 4.79 Å². The van der Waals surface area contributed by atoms with Crippen LogP contribution in [0.25, 0.3) is 0 Å². The van der Waals surface area contributed by atoms with Gasteiger partial charge in [0, 0.05) is 6.07 Å². The molecular formula is C11H14ClNO4. The Kier molecular flexibility index (Phi) is 4.45. The standard InChI is InChI=1S/C11H14ClNO4/c1-6(11(14)15)13-8-4-7(12)9(16-2)5-10(8)17-3/h4-6,13H,1-3H3,(H,14,15). The minimum absolute atomic E-state index is 0.383. The highest BCUT2D eigenvalue weighted by atomic mass is 35.5. The van der Waals surface area contributed by atoms with E-state index in [9.17, 15) is 4.79 Å². The maximum atomic E-state index is 10.8. The molecule has 0 heterocycles. The van der Waals surface area contributed by atoms with E-state index in [-0.39, 0.29) is 0 Å². The van der Waals surface area contributed by atoms with Crippen molar-refractivity contribution in [3.8, 4) is 11.5 Å². The van der Waals surface area contributed by atoms with E-state index in [0.717, 1.165) is 0 Å². The van der Waals surface area contributed by atoms with Crippen LogP contribution in [0.4, 0.5) is 5.69 Å². The highest BCUT2D eigenvalue weighted by Crippen LogP contribution is 2.36. The van der Waals surface area contributed by atoms with E-state index >= 15 is 0 Å². The number of carbonyl (C=O) groups is 1. The van der Waals surface area contributed by atoms with E-state index in [1.807, 2.05) is 0 Å². The molecule has 5 nitrogen and oxygen atoms in total. The molecule has 0 bridgehead atoms. The van der Waals surface area contributed by atoms with Crippen molar-refractivity contribution in [2.45, 2.75) is 13.0 Å². The number of ether oxygens (including phenoxy) is 2. The van der Waals surface area contributed by atoms with Crippen LogP contribution in [0.2, 0.25) is 5.02 Å². The van der Waals surface area contributed by atoms with E-state index in [2.05, 4.69) is 5.32 Å². The molecule has 94 valence electrons. The number of rotatable bonds is 5. The molecule has 1 rings (SSSR count). The Morgan fingerprint density at radius 1 is 1.35 bits per heavy atom. The van der Waals surface area contributed by atoms with Crippen LogP contribution in [0, 0.1) is 0 Å². The Bertz CT molecular complexity index is 422. The molecule has 0 aliphatic carbocycles. The molecule has 1 aromatic carbocycles. The average molecular weight is 260 g/mol. The van der Waals surface area contributed by atoms with Crippen molar-refractivity contribution in [3.63, 3.8) is 0 Å². The van der Waals surface area contributed by atoms with Crippen LogP contribution >= 0.6 is 11.6 Å².